The van der Waals surface area contributed by atoms with Crippen molar-refractivity contribution in [1.82, 2.24) is 10.3 Å². The number of hydrogen-bond donors (Lipinski definition) is 1. The molecule has 2 unspecified atom stereocenters. The zero-order chi connectivity index (χ0) is 20.2. The third kappa shape index (κ3) is 3.17. The third-order valence-corrected chi connectivity index (χ3v) is 5.99. The molecule has 1 saturated heterocycles. The van der Waals surface area contributed by atoms with Gasteiger partial charge in [-0.2, -0.15) is 0 Å². The van der Waals surface area contributed by atoms with E-state index in [9.17, 15) is 13.2 Å². The topological polar surface area (TPSA) is 28.2 Å². The Morgan fingerprint density at radius 3 is 2.32 bits per heavy atom. The van der Waals surface area contributed by atoms with Crippen molar-refractivity contribution in [1.29, 1.82) is 0 Å². The number of rotatable bonds is 5. The predicted octanol–water partition coefficient (Wildman–Crippen LogP) is 4.74. The van der Waals surface area contributed by atoms with Crippen LogP contribution in [-0.2, 0) is 0 Å². The van der Waals surface area contributed by atoms with Gasteiger partial charge in [0.1, 0.15) is 0 Å². The van der Waals surface area contributed by atoms with Gasteiger partial charge < -0.3 is 10.2 Å². The lowest BCUT2D eigenvalue weighted by molar-refractivity contribution is 0.507. The summed E-state index contributed by atoms with van der Waals surface area (Å²) in [5.41, 5.74) is 2.16. The summed E-state index contributed by atoms with van der Waals surface area (Å²) < 4.78 is 41.5. The normalized spacial score (nSPS) is 22.8. The molecule has 2 aliphatic rings. The Labute approximate surface area is 162 Å². The maximum absolute atomic E-state index is 14.6. The van der Waals surface area contributed by atoms with Crippen LogP contribution >= 0.6 is 0 Å². The summed E-state index contributed by atoms with van der Waals surface area (Å²) in [6.07, 6.45) is 1.56. The summed E-state index contributed by atoms with van der Waals surface area (Å²) in [4.78, 5) is 6.29. The molecule has 28 heavy (non-hydrogen) atoms. The molecule has 1 aromatic carbocycles. The molecule has 1 saturated carbocycles. The van der Waals surface area contributed by atoms with E-state index < -0.39 is 17.5 Å². The van der Waals surface area contributed by atoms with Crippen molar-refractivity contribution in [2.75, 3.05) is 18.0 Å². The maximum Gasteiger partial charge on any atom is 0.166 e. The zero-order valence-electron chi connectivity index (χ0n) is 15.9. The molecule has 0 bridgehead atoms. The van der Waals surface area contributed by atoms with Gasteiger partial charge in [-0.05, 0) is 48.4 Å². The molecule has 2 aromatic rings. The van der Waals surface area contributed by atoms with E-state index >= 15 is 0 Å². The smallest absolute Gasteiger partial charge is 0.166 e. The van der Waals surface area contributed by atoms with Crippen molar-refractivity contribution >= 4 is 17.2 Å². The zero-order valence-corrected chi connectivity index (χ0v) is 15.9. The number of hydrogen-bond acceptors (Lipinski definition) is 3. The van der Waals surface area contributed by atoms with Gasteiger partial charge in [-0.3, -0.25) is 0 Å². The Morgan fingerprint density at radius 1 is 1.04 bits per heavy atom. The molecule has 6 heteroatoms. The molecule has 0 spiro atoms. The maximum atomic E-state index is 14.6. The molecule has 1 aliphatic carbocycles. The Morgan fingerprint density at radius 2 is 1.68 bits per heavy atom. The molecular formula is C22H22F3N3. The van der Waals surface area contributed by atoms with Crippen LogP contribution in [0.25, 0.3) is 11.4 Å². The lowest BCUT2D eigenvalue weighted by atomic mass is 10.1. The van der Waals surface area contributed by atoms with E-state index in [0.29, 0.717) is 45.7 Å². The number of pyridine rings is 1. The summed E-state index contributed by atoms with van der Waals surface area (Å²) in [6.45, 7) is 13.3. The first kappa shape index (κ1) is 18.6. The SMILES string of the molecule is C=C(NC(=C)c1cc(F)c(F)cc1C)c1cnc(N2CC3C(C)C3C2)c(F)c1. The van der Waals surface area contributed by atoms with Crippen LogP contribution in [0.2, 0.25) is 0 Å². The molecule has 2 fully saturated rings. The molecule has 2 atom stereocenters. The van der Waals surface area contributed by atoms with Crippen LogP contribution in [0.1, 0.15) is 23.6 Å². The molecule has 1 N–H and O–H groups in total. The average molecular weight is 385 g/mol. The van der Waals surface area contributed by atoms with Crippen molar-refractivity contribution in [3.63, 3.8) is 0 Å². The van der Waals surface area contributed by atoms with E-state index in [-0.39, 0.29) is 0 Å². The molecule has 0 radical (unpaired) electrons. The highest BCUT2D eigenvalue weighted by Crippen LogP contribution is 2.52. The highest BCUT2D eigenvalue weighted by molar-refractivity contribution is 5.76. The number of fused-ring (bicyclic) bond motifs is 1. The number of benzene rings is 1. The molecule has 1 aromatic heterocycles. The molecule has 3 nitrogen and oxygen atoms in total. The summed E-state index contributed by atoms with van der Waals surface area (Å²) in [7, 11) is 0. The minimum Gasteiger partial charge on any atom is -0.355 e. The second-order valence-corrected chi connectivity index (χ2v) is 7.78. The van der Waals surface area contributed by atoms with Gasteiger partial charge in [0, 0.05) is 41.8 Å². The first-order valence-electron chi connectivity index (χ1n) is 9.28. The van der Waals surface area contributed by atoms with Crippen LogP contribution in [-0.4, -0.2) is 18.1 Å². The fraction of sp³-hybridized carbons (Fsp3) is 0.318. The van der Waals surface area contributed by atoms with Crippen molar-refractivity contribution in [3.05, 3.63) is 71.7 Å². The van der Waals surface area contributed by atoms with Gasteiger partial charge in [0.25, 0.3) is 0 Å². The van der Waals surface area contributed by atoms with E-state index in [1.807, 2.05) is 4.90 Å². The minimum absolute atomic E-state index is 0.347. The molecule has 4 rings (SSSR count). The Balaban J connectivity index is 1.47. The number of nitrogens with zero attached hydrogens (tertiary/aromatic N) is 2. The van der Waals surface area contributed by atoms with Crippen LogP contribution < -0.4 is 10.2 Å². The largest absolute Gasteiger partial charge is 0.355 e. The van der Waals surface area contributed by atoms with Crippen LogP contribution in [0.4, 0.5) is 19.0 Å². The van der Waals surface area contributed by atoms with Gasteiger partial charge in [-0.1, -0.05) is 20.1 Å². The Kier molecular flexibility index (Phi) is 4.44. The predicted molar refractivity (Wildman–Crippen MR) is 105 cm³/mol. The lowest BCUT2D eigenvalue weighted by Crippen LogP contribution is -2.25. The van der Waals surface area contributed by atoms with Gasteiger partial charge in [0.05, 0.1) is 0 Å². The number of piperidine rings is 1. The molecule has 2 heterocycles. The highest BCUT2D eigenvalue weighted by atomic mass is 19.2. The van der Waals surface area contributed by atoms with E-state index in [0.717, 1.165) is 31.1 Å². The molecule has 146 valence electrons. The molecular weight excluding hydrogens is 363 g/mol. The summed E-state index contributed by atoms with van der Waals surface area (Å²) in [5.74, 6) is 0.136. The second kappa shape index (κ2) is 6.69. The van der Waals surface area contributed by atoms with E-state index in [1.54, 1.807) is 13.1 Å². The third-order valence-electron chi connectivity index (χ3n) is 5.99. The van der Waals surface area contributed by atoms with Gasteiger partial charge >= 0.3 is 0 Å². The van der Waals surface area contributed by atoms with Gasteiger partial charge in [0.2, 0.25) is 0 Å². The summed E-state index contributed by atoms with van der Waals surface area (Å²) >= 11 is 0. The number of nitrogens with one attached hydrogen (secondary N) is 1. The minimum atomic E-state index is -0.954. The van der Waals surface area contributed by atoms with Crippen LogP contribution in [0, 0.1) is 42.1 Å². The summed E-state index contributed by atoms with van der Waals surface area (Å²) in [5, 5.41) is 2.94. The van der Waals surface area contributed by atoms with Gasteiger partial charge in [0.15, 0.2) is 23.3 Å². The molecule has 1 aliphatic heterocycles. The Bertz CT molecular complexity index is 973. The van der Waals surface area contributed by atoms with E-state index in [1.165, 1.54) is 6.07 Å². The lowest BCUT2D eigenvalue weighted by Gasteiger charge is -2.21. The number of halogens is 3. The van der Waals surface area contributed by atoms with Crippen LogP contribution in [0.5, 0.6) is 0 Å². The quantitative estimate of drug-likeness (QED) is 0.806. The van der Waals surface area contributed by atoms with Crippen LogP contribution in [0.3, 0.4) is 0 Å². The van der Waals surface area contributed by atoms with Crippen molar-refractivity contribution in [3.8, 4) is 0 Å². The number of aromatic nitrogens is 1. The van der Waals surface area contributed by atoms with Gasteiger partial charge in [-0.15, -0.1) is 0 Å². The fourth-order valence-electron chi connectivity index (χ4n) is 4.12. The van der Waals surface area contributed by atoms with E-state index in [2.05, 4.69) is 30.4 Å². The average Bonchev–Trinajstić information content (AvgIpc) is 3.05. The van der Waals surface area contributed by atoms with Gasteiger partial charge in [-0.25, -0.2) is 18.2 Å². The first-order valence-corrected chi connectivity index (χ1v) is 9.28. The van der Waals surface area contributed by atoms with E-state index in [4.69, 9.17) is 0 Å². The number of aryl methyl sites for hydroxylation is 1. The fourth-order valence-corrected chi connectivity index (χ4v) is 4.12. The Hall–Kier alpha value is -2.76. The standard InChI is InChI=1S/C22H22F3N3/c1-11-5-19(23)20(24)7-16(11)14(4)27-13(3)15-6-21(25)22(26-8-15)28-9-17-12(2)18(17)10-28/h5-8,12,17-18,27H,3-4,9-10H2,1-2H3. The first-order chi connectivity index (χ1) is 13.3. The second-order valence-electron chi connectivity index (χ2n) is 7.78. The number of anilines is 1. The van der Waals surface area contributed by atoms with Crippen molar-refractivity contribution < 1.29 is 13.2 Å². The van der Waals surface area contributed by atoms with Crippen LogP contribution in [0.15, 0.2) is 37.6 Å². The van der Waals surface area contributed by atoms with Crippen molar-refractivity contribution in [2.45, 2.75) is 13.8 Å². The summed E-state index contributed by atoms with van der Waals surface area (Å²) in [6, 6.07) is 3.57. The van der Waals surface area contributed by atoms with Crippen molar-refractivity contribution in [2.24, 2.45) is 17.8 Å². The molecule has 0 amide bonds. The monoisotopic (exact) mass is 385 g/mol. The highest BCUT2D eigenvalue weighted by Gasteiger charge is 2.53.